The number of benzene rings is 1. The summed E-state index contributed by atoms with van der Waals surface area (Å²) in [6.45, 7) is 3.67. The summed E-state index contributed by atoms with van der Waals surface area (Å²) in [6, 6.07) is 10.4. The van der Waals surface area contributed by atoms with Crippen LogP contribution < -0.4 is 5.32 Å². The van der Waals surface area contributed by atoms with Crippen molar-refractivity contribution in [3.63, 3.8) is 0 Å². The molecule has 142 valence electrons. The molecule has 0 spiro atoms. The summed E-state index contributed by atoms with van der Waals surface area (Å²) in [4.78, 5) is 41.2. The Morgan fingerprint density at radius 2 is 1.89 bits per heavy atom. The molecule has 1 atom stereocenters. The van der Waals surface area contributed by atoms with E-state index in [-0.39, 0.29) is 12.5 Å². The lowest BCUT2D eigenvalue weighted by Gasteiger charge is -2.23. The standard InChI is InChI=1S/C19H20ClN3O3S/c1-12-4-6-13(7-5-12)19(2)17(25)23(18(26)21-19)11-16(24)22(3)10-14-8-9-15(20)27-14/h4-9H,10-11H2,1-3H3,(H,21,26). The van der Waals surface area contributed by atoms with Gasteiger partial charge < -0.3 is 10.2 Å². The average Bonchev–Trinajstić information content (AvgIpc) is 3.12. The van der Waals surface area contributed by atoms with Gasteiger partial charge in [-0.2, -0.15) is 0 Å². The van der Waals surface area contributed by atoms with Gasteiger partial charge >= 0.3 is 6.03 Å². The molecule has 1 aliphatic rings. The highest BCUT2D eigenvalue weighted by atomic mass is 35.5. The first-order valence-electron chi connectivity index (χ1n) is 8.40. The summed E-state index contributed by atoms with van der Waals surface area (Å²) in [7, 11) is 1.63. The predicted molar refractivity (Wildman–Crippen MR) is 105 cm³/mol. The number of rotatable bonds is 5. The number of urea groups is 1. The lowest BCUT2D eigenvalue weighted by Crippen LogP contribution is -2.43. The molecule has 3 rings (SSSR count). The number of hydrogen-bond acceptors (Lipinski definition) is 4. The van der Waals surface area contributed by atoms with Gasteiger partial charge in [-0.25, -0.2) is 4.79 Å². The van der Waals surface area contributed by atoms with Gasteiger partial charge in [-0.15, -0.1) is 11.3 Å². The Bertz CT molecular complexity index is 896. The third-order valence-electron chi connectivity index (χ3n) is 4.64. The fraction of sp³-hybridized carbons (Fsp3) is 0.316. The van der Waals surface area contributed by atoms with Crippen LogP contribution >= 0.6 is 22.9 Å². The molecule has 6 nitrogen and oxygen atoms in total. The van der Waals surface area contributed by atoms with Crippen molar-refractivity contribution >= 4 is 40.8 Å². The zero-order chi connectivity index (χ0) is 19.8. The van der Waals surface area contributed by atoms with Crippen molar-refractivity contribution in [1.29, 1.82) is 0 Å². The second kappa shape index (κ2) is 7.32. The first kappa shape index (κ1) is 19.4. The van der Waals surface area contributed by atoms with Crippen molar-refractivity contribution in [3.05, 3.63) is 56.7 Å². The van der Waals surface area contributed by atoms with Crippen LogP contribution in [0, 0.1) is 6.92 Å². The smallest absolute Gasteiger partial charge is 0.325 e. The van der Waals surface area contributed by atoms with Crippen LogP contribution in [0.25, 0.3) is 0 Å². The fourth-order valence-corrected chi connectivity index (χ4v) is 4.08. The first-order valence-corrected chi connectivity index (χ1v) is 9.59. The summed E-state index contributed by atoms with van der Waals surface area (Å²) in [5, 5.41) is 2.71. The number of nitrogens with one attached hydrogen (secondary N) is 1. The molecule has 1 N–H and O–H groups in total. The van der Waals surface area contributed by atoms with Crippen LogP contribution in [-0.4, -0.2) is 41.2 Å². The van der Waals surface area contributed by atoms with Crippen molar-refractivity contribution in [1.82, 2.24) is 15.1 Å². The van der Waals surface area contributed by atoms with E-state index in [2.05, 4.69) is 5.32 Å². The van der Waals surface area contributed by atoms with E-state index in [1.54, 1.807) is 20.0 Å². The third-order valence-corrected chi connectivity index (χ3v) is 5.86. The van der Waals surface area contributed by atoms with Crippen molar-refractivity contribution < 1.29 is 14.4 Å². The summed E-state index contributed by atoms with van der Waals surface area (Å²) in [5.74, 6) is -0.756. The van der Waals surface area contributed by atoms with Crippen LogP contribution in [0.3, 0.4) is 0 Å². The Morgan fingerprint density at radius 1 is 1.22 bits per heavy atom. The molecule has 8 heteroatoms. The zero-order valence-corrected chi connectivity index (χ0v) is 16.9. The summed E-state index contributed by atoms with van der Waals surface area (Å²) in [6.07, 6.45) is 0. The highest BCUT2D eigenvalue weighted by Gasteiger charge is 2.49. The molecule has 1 aromatic carbocycles. The fourth-order valence-electron chi connectivity index (χ4n) is 2.94. The van der Waals surface area contributed by atoms with E-state index >= 15 is 0 Å². The number of nitrogens with zero attached hydrogens (tertiary/aromatic N) is 2. The van der Waals surface area contributed by atoms with Crippen LogP contribution in [0.4, 0.5) is 4.79 Å². The number of halogens is 1. The molecule has 1 saturated heterocycles. The number of likely N-dealkylation sites (N-methyl/N-ethyl adjacent to an activating group) is 1. The van der Waals surface area contributed by atoms with Crippen molar-refractivity contribution in [2.75, 3.05) is 13.6 Å². The van der Waals surface area contributed by atoms with Crippen LogP contribution in [-0.2, 0) is 21.7 Å². The highest BCUT2D eigenvalue weighted by molar-refractivity contribution is 7.16. The lowest BCUT2D eigenvalue weighted by atomic mass is 9.91. The number of imide groups is 1. The SMILES string of the molecule is Cc1ccc(C2(C)NC(=O)N(CC(=O)N(C)Cc3ccc(Cl)s3)C2=O)cc1. The van der Waals surface area contributed by atoms with Gasteiger partial charge in [-0.05, 0) is 31.5 Å². The second-order valence-corrected chi connectivity index (χ2v) is 8.57. The molecule has 2 heterocycles. The molecular formula is C19H20ClN3O3S. The molecule has 27 heavy (non-hydrogen) atoms. The van der Waals surface area contributed by atoms with Crippen LogP contribution in [0.5, 0.6) is 0 Å². The van der Waals surface area contributed by atoms with Gasteiger partial charge in [0.2, 0.25) is 5.91 Å². The minimum atomic E-state index is -1.18. The Kier molecular flexibility index (Phi) is 5.26. The largest absolute Gasteiger partial charge is 0.339 e. The van der Waals surface area contributed by atoms with Crippen molar-refractivity contribution in [3.8, 4) is 0 Å². The Labute approximate surface area is 166 Å². The molecule has 2 aromatic rings. The van der Waals surface area contributed by atoms with E-state index in [1.807, 2.05) is 37.3 Å². The molecule has 1 aromatic heterocycles. The Balaban J connectivity index is 1.71. The van der Waals surface area contributed by atoms with Gasteiger partial charge in [0.15, 0.2) is 0 Å². The lowest BCUT2D eigenvalue weighted by molar-refractivity contribution is -0.138. The minimum Gasteiger partial charge on any atom is -0.339 e. The molecule has 0 bridgehead atoms. The maximum atomic E-state index is 12.9. The van der Waals surface area contributed by atoms with Crippen LogP contribution in [0.2, 0.25) is 4.34 Å². The maximum absolute atomic E-state index is 12.9. The van der Waals surface area contributed by atoms with Crippen molar-refractivity contribution in [2.45, 2.75) is 25.9 Å². The normalized spacial score (nSPS) is 19.3. The summed E-state index contributed by atoms with van der Waals surface area (Å²) >= 11 is 7.29. The number of hydrogen-bond donors (Lipinski definition) is 1. The van der Waals surface area contributed by atoms with Gasteiger partial charge in [0.05, 0.1) is 10.9 Å². The monoisotopic (exact) mass is 405 g/mol. The minimum absolute atomic E-state index is 0.304. The zero-order valence-electron chi connectivity index (χ0n) is 15.3. The Hall–Kier alpha value is -2.38. The maximum Gasteiger partial charge on any atom is 0.325 e. The number of carbonyl (C=O) groups excluding carboxylic acids is 3. The van der Waals surface area contributed by atoms with E-state index < -0.39 is 17.5 Å². The van der Waals surface area contributed by atoms with E-state index in [0.29, 0.717) is 16.4 Å². The first-order chi connectivity index (χ1) is 12.7. The number of amides is 4. The van der Waals surface area contributed by atoms with E-state index in [1.165, 1.54) is 16.2 Å². The summed E-state index contributed by atoms with van der Waals surface area (Å²) in [5.41, 5.74) is 0.565. The molecule has 4 amide bonds. The van der Waals surface area contributed by atoms with E-state index in [0.717, 1.165) is 15.3 Å². The molecule has 1 fully saturated rings. The van der Waals surface area contributed by atoms with E-state index in [4.69, 9.17) is 11.6 Å². The number of carbonyl (C=O) groups is 3. The second-order valence-electron chi connectivity index (χ2n) is 6.77. The molecule has 0 aliphatic carbocycles. The van der Waals surface area contributed by atoms with Gasteiger partial charge in [-0.3, -0.25) is 14.5 Å². The van der Waals surface area contributed by atoms with Crippen LogP contribution in [0.15, 0.2) is 36.4 Å². The highest BCUT2D eigenvalue weighted by Crippen LogP contribution is 2.29. The van der Waals surface area contributed by atoms with Gasteiger partial charge in [0, 0.05) is 11.9 Å². The molecular weight excluding hydrogens is 386 g/mol. The predicted octanol–water partition coefficient (Wildman–Crippen LogP) is 3.14. The summed E-state index contributed by atoms with van der Waals surface area (Å²) < 4.78 is 0.647. The average molecular weight is 406 g/mol. The molecule has 0 saturated carbocycles. The van der Waals surface area contributed by atoms with Crippen LogP contribution in [0.1, 0.15) is 22.9 Å². The van der Waals surface area contributed by atoms with Crippen molar-refractivity contribution in [2.24, 2.45) is 0 Å². The van der Waals surface area contributed by atoms with Gasteiger partial charge in [-0.1, -0.05) is 41.4 Å². The number of thiophene rings is 1. The van der Waals surface area contributed by atoms with Gasteiger partial charge in [0.25, 0.3) is 5.91 Å². The molecule has 0 radical (unpaired) electrons. The third kappa shape index (κ3) is 3.84. The molecule has 1 unspecified atom stereocenters. The van der Waals surface area contributed by atoms with E-state index in [9.17, 15) is 14.4 Å². The number of aryl methyl sites for hydroxylation is 1. The Morgan fingerprint density at radius 3 is 2.48 bits per heavy atom. The quantitative estimate of drug-likeness (QED) is 0.777. The van der Waals surface area contributed by atoms with Gasteiger partial charge in [0.1, 0.15) is 12.1 Å². The molecule has 1 aliphatic heterocycles. The topological polar surface area (TPSA) is 69.7 Å².